The van der Waals surface area contributed by atoms with Crippen LogP contribution in [0.3, 0.4) is 0 Å². The first kappa shape index (κ1) is 21.1. The maximum Gasteiger partial charge on any atom is 0.340 e. The van der Waals surface area contributed by atoms with Gasteiger partial charge in [0.1, 0.15) is 5.58 Å². The highest BCUT2D eigenvalue weighted by atomic mass is 16.4. The highest BCUT2D eigenvalue weighted by Crippen LogP contribution is 2.53. The monoisotopic (exact) mass is 442 g/mol. The molecule has 0 spiro atoms. The Labute approximate surface area is 195 Å². The zero-order valence-corrected chi connectivity index (χ0v) is 18.1. The fourth-order valence-corrected chi connectivity index (χ4v) is 4.75. The number of carbonyl (C=O) groups excluding carboxylic acids is 1. The number of benzene rings is 3. The lowest BCUT2D eigenvalue weighted by atomic mass is 9.61. The number of para-hydroxylation sites is 1. The number of allylic oxidation sites excluding steroid dienone is 1. The summed E-state index contributed by atoms with van der Waals surface area (Å²) in [7, 11) is 0. The summed E-state index contributed by atoms with van der Waals surface area (Å²) in [5.74, 6) is -1.26. The van der Waals surface area contributed by atoms with Crippen LogP contribution in [-0.4, -0.2) is 5.78 Å². The predicted molar refractivity (Wildman–Crippen MR) is 129 cm³/mol. The Morgan fingerprint density at radius 2 is 1.50 bits per heavy atom. The third-order valence-corrected chi connectivity index (χ3v) is 6.40. The smallest absolute Gasteiger partial charge is 0.340 e. The van der Waals surface area contributed by atoms with Gasteiger partial charge < -0.3 is 4.42 Å². The predicted octanol–water partition coefficient (Wildman–Crippen LogP) is 5.74. The van der Waals surface area contributed by atoms with Crippen LogP contribution >= 0.6 is 0 Å². The van der Waals surface area contributed by atoms with Crippen molar-refractivity contribution < 1.29 is 9.21 Å². The molecule has 3 aromatic carbocycles. The lowest BCUT2D eigenvalue weighted by Crippen LogP contribution is -2.35. The summed E-state index contributed by atoms with van der Waals surface area (Å²) in [5, 5.41) is 21.5. The van der Waals surface area contributed by atoms with Crippen molar-refractivity contribution in [1.82, 2.24) is 0 Å². The minimum absolute atomic E-state index is 0.186. The second-order valence-corrected chi connectivity index (χ2v) is 8.21. The van der Waals surface area contributed by atoms with E-state index in [-0.39, 0.29) is 17.8 Å². The van der Waals surface area contributed by atoms with Crippen LogP contribution in [0.25, 0.3) is 22.6 Å². The van der Waals surface area contributed by atoms with E-state index in [1.807, 2.05) is 42.5 Å². The average Bonchev–Trinajstić information content (AvgIpc) is 2.89. The molecule has 5 rings (SSSR count). The van der Waals surface area contributed by atoms with Crippen molar-refractivity contribution in [3.8, 4) is 12.1 Å². The van der Waals surface area contributed by atoms with Gasteiger partial charge in [0.2, 0.25) is 0 Å². The van der Waals surface area contributed by atoms with Gasteiger partial charge in [-0.15, -0.1) is 0 Å². The summed E-state index contributed by atoms with van der Waals surface area (Å²) in [4.78, 5) is 26.5. The van der Waals surface area contributed by atoms with Crippen LogP contribution < -0.4 is 5.63 Å². The van der Waals surface area contributed by atoms with E-state index in [0.717, 1.165) is 0 Å². The van der Waals surface area contributed by atoms with Crippen LogP contribution in [0.5, 0.6) is 0 Å². The van der Waals surface area contributed by atoms with Gasteiger partial charge in [-0.25, -0.2) is 4.79 Å². The molecule has 0 aliphatic heterocycles. The van der Waals surface area contributed by atoms with E-state index in [1.54, 1.807) is 48.5 Å². The highest BCUT2D eigenvalue weighted by Gasteiger charge is 2.50. The van der Waals surface area contributed by atoms with Gasteiger partial charge in [-0.1, -0.05) is 78.9 Å². The van der Waals surface area contributed by atoms with Crippen molar-refractivity contribution in [2.45, 2.75) is 12.3 Å². The van der Waals surface area contributed by atoms with E-state index < -0.39 is 17.0 Å². The van der Waals surface area contributed by atoms with Gasteiger partial charge in [-0.05, 0) is 28.8 Å². The topological polar surface area (TPSA) is 94.9 Å². The molecule has 0 radical (unpaired) electrons. The Kier molecular flexibility index (Phi) is 5.17. The van der Waals surface area contributed by atoms with Gasteiger partial charge in [0.05, 0.1) is 17.7 Å². The van der Waals surface area contributed by atoms with Crippen LogP contribution in [0.15, 0.2) is 94.1 Å². The number of nitriles is 2. The van der Waals surface area contributed by atoms with E-state index in [1.165, 1.54) is 0 Å². The number of ketones is 1. The van der Waals surface area contributed by atoms with Crippen LogP contribution in [0, 0.1) is 28.1 Å². The third kappa shape index (κ3) is 3.23. The summed E-state index contributed by atoms with van der Waals surface area (Å²) >= 11 is 0. The summed E-state index contributed by atoms with van der Waals surface area (Å²) < 4.78 is 5.59. The molecule has 0 amide bonds. The largest absolute Gasteiger partial charge is 0.422 e. The maximum atomic E-state index is 13.3. The number of hydrogen-bond donors (Lipinski definition) is 0. The van der Waals surface area contributed by atoms with Gasteiger partial charge in [-0.3, -0.25) is 4.79 Å². The molecule has 4 aromatic rings. The van der Waals surface area contributed by atoms with Gasteiger partial charge in [0.25, 0.3) is 0 Å². The summed E-state index contributed by atoms with van der Waals surface area (Å²) in [6, 6.07) is 29.3. The summed E-state index contributed by atoms with van der Waals surface area (Å²) in [6.45, 7) is 0. The quantitative estimate of drug-likeness (QED) is 0.297. The molecule has 5 heteroatoms. The van der Waals surface area contributed by atoms with Gasteiger partial charge in [0.15, 0.2) is 11.2 Å². The number of rotatable bonds is 4. The van der Waals surface area contributed by atoms with Crippen molar-refractivity contribution in [3.05, 3.63) is 118 Å². The van der Waals surface area contributed by atoms with Crippen LogP contribution in [-0.2, 0) is 0 Å². The third-order valence-electron chi connectivity index (χ3n) is 6.40. The second-order valence-electron chi connectivity index (χ2n) is 8.21. The fraction of sp³-hybridized carbons (Fsp3) is 0.103. The van der Waals surface area contributed by atoms with Crippen LogP contribution in [0.2, 0.25) is 0 Å². The van der Waals surface area contributed by atoms with Crippen LogP contribution in [0.4, 0.5) is 0 Å². The van der Waals surface area contributed by atoms with E-state index in [2.05, 4.69) is 12.1 Å². The molecule has 1 unspecified atom stereocenters. The number of fused-ring (bicyclic) bond motifs is 3. The Bertz CT molecular complexity index is 1570. The van der Waals surface area contributed by atoms with Gasteiger partial charge in [-0.2, -0.15) is 10.5 Å². The molecular weight excluding hydrogens is 424 g/mol. The second kappa shape index (κ2) is 8.31. The van der Waals surface area contributed by atoms with Crippen molar-refractivity contribution in [1.29, 1.82) is 10.5 Å². The molecule has 1 aliphatic rings. The minimum atomic E-state index is -1.75. The number of Topliss-reactive ketones (excluding diaryl/α,β-unsaturated/α-hetero) is 1. The molecule has 1 aliphatic carbocycles. The maximum absolute atomic E-state index is 13.3. The van der Waals surface area contributed by atoms with Gasteiger partial charge in [0, 0.05) is 23.3 Å². The van der Waals surface area contributed by atoms with E-state index in [0.29, 0.717) is 33.2 Å². The van der Waals surface area contributed by atoms with E-state index >= 15 is 0 Å². The molecule has 0 bridgehead atoms. The fourth-order valence-electron chi connectivity index (χ4n) is 4.75. The number of nitrogens with zero attached hydrogens (tertiary/aromatic N) is 2. The molecular formula is C29H18N2O3. The Balaban J connectivity index is 1.83. The minimum Gasteiger partial charge on any atom is -0.422 e. The average molecular weight is 442 g/mol. The Morgan fingerprint density at radius 3 is 2.18 bits per heavy atom. The van der Waals surface area contributed by atoms with Crippen molar-refractivity contribution >= 4 is 28.4 Å². The zero-order valence-electron chi connectivity index (χ0n) is 18.1. The number of hydrogen-bond acceptors (Lipinski definition) is 5. The first-order chi connectivity index (χ1) is 16.6. The molecule has 0 fully saturated rings. The molecule has 0 saturated heterocycles. The van der Waals surface area contributed by atoms with Crippen LogP contribution in [0.1, 0.15) is 39.4 Å². The lowest BCUT2D eigenvalue weighted by molar-refractivity contribution is 0.0966. The first-order valence-electron chi connectivity index (χ1n) is 10.8. The lowest BCUT2D eigenvalue weighted by Gasteiger charge is -2.35. The molecule has 1 atom stereocenters. The van der Waals surface area contributed by atoms with Gasteiger partial charge >= 0.3 is 5.63 Å². The Hall–Kier alpha value is -4.74. The molecule has 34 heavy (non-hydrogen) atoms. The SMILES string of the molecule is N#CC1(C#N)C(c2ccccc2)=Cc2c(c(=O)oc3ccccc23)C1CC(=O)c1ccccc1. The summed E-state index contributed by atoms with van der Waals surface area (Å²) in [6.07, 6.45) is 1.55. The van der Waals surface area contributed by atoms with Crippen molar-refractivity contribution in [3.63, 3.8) is 0 Å². The normalized spacial score (nSPS) is 16.1. The molecule has 1 heterocycles. The van der Waals surface area contributed by atoms with Crippen molar-refractivity contribution in [2.24, 2.45) is 5.41 Å². The summed E-state index contributed by atoms with van der Waals surface area (Å²) in [5.41, 5.74) is 0.383. The number of carbonyl (C=O) groups is 1. The van der Waals surface area contributed by atoms with E-state index in [4.69, 9.17) is 4.42 Å². The van der Waals surface area contributed by atoms with E-state index in [9.17, 15) is 20.1 Å². The molecule has 162 valence electrons. The van der Waals surface area contributed by atoms with Crippen molar-refractivity contribution in [2.75, 3.05) is 0 Å². The first-order valence-corrected chi connectivity index (χ1v) is 10.8. The Morgan fingerprint density at radius 1 is 0.882 bits per heavy atom. The highest BCUT2D eigenvalue weighted by molar-refractivity contribution is 6.02. The standard InChI is InChI=1S/C29H18N2O3/c30-17-29(18-31)23(19-9-3-1-4-10-19)15-22-21-13-7-8-14-26(21)34-28(33)27(22)24(29)16-25(32)20-11-5-2-6-12-20/h1-15,24H,16H2. The molecule has 5 nitrogen and oxygen atoms in total. The molecule has 1 aromatic heterocycles. The zero-order chi connectivity index (χ0) is 23.7. The molecule has 0 saturated carbocycles. The molecule has 0 N–H and O–H groups in total.